The quantitative estimate of drug-likeness (QED) is 0.214. The number of ether oxygens (including phenoxy) is 2. The van der Waals surface area contributed by atoms with Crippen molar-refractivity contribution in [2.45, 2.75) is 32.4 Å². The topological polar surface area (TPSA) is 170 Å². The monoisotopic (exact) mass is 592 g/mol. The first kappa shape index (κ1) is 28.9. The Hall–Kier alpha value is -4.65. The number of likely N-dealkylation sites (tertiary alicyclic amines) is 1. The summed E-state index contributed by atoms with van der Waals surface area (Å²) in [6.07, 6.45) is 1.27. The predicted octanol–water partition coefficient (Wildman–Crippen LogP) is 2.84. The van der Waals surface area contributed by atoms with E-state index in [0.717, 1.165) is 22.2 Å². The molecule has 3 aromatic rings. The molecule has 13 heteroatoms. The molecule has 0 bridgehead atoms. The predicted molar refractivity (Wildman–Crippen MR) is 158 cm³/mol. The van der Waals surface area contributed by atoms with Crippen molar-refractivity contribution in [2.24, 2.45) is 5.73 Å². The van der Waals surface area contributed by atoms with Crippen LogP contribution in [0.5, 0.6) is 5.75 Å². The Labute approximate surface area is 243 Å². The average molecular weight is 593 g/mol. The maximum absolute atomic E-state index is 13.8. The van der Waals surface area contributed by atoms with Crippen LogP contribution < -0.4 is 14.8 Å². The van der Waals surface area contributed by atoms with Gasteiger partial charge in [0.25, 0.3) is 5.91 Å². The van der Waals surface area contributed by atoms with E-state index in [-0.39, 0.29) is 29.7 Å². The van der Waals surface area contributed by atoms with E-state index in [0.29, 0.717) is 52.9 Å². The number of rotatable bonds is 7. The Bertz CT molecular complexity index is 1700. The summed E-state index contributed by atoms with van der Waals surface area (Å²) in [7, 11) is -3.34. The van der Waals surface area contributed by atoms with Crippen molar-refractivity contribution < 1.29 is 27.5 Å². The molecule has 0 radical (unpaired) electrons. The van der Waals surface area contributed by atoms with Crippen molar-refractivity contribution in [2.75, 3.05) is 31.0 Å². The zero-order valence-electron chi connectivity index (χ0n) is 23.3. The highest BCUT2D eigenvalue weighted by molar-refractivity contribution is 7.91. The molecule has 42 heavy (non-hydrogen) atoms. The zero-order valence-corrected chi connectivity index (χ0v) is 24.1. The molecule has 4 N–H and O–H groups in total. The summed E-state index contributed by atoms with van der Waals surface area (Å²) in [5, 5.41) is 17.2. The van der Waals surface area contributed by atoms with Crippen LogP contribution in [0.15, 0.2) is 54.6 Å². The van der Waals surface area contributed by atoms with Crippen LogP contribution in [0.1, 0.15) is 41.3 Å². The number of carbonyl (C=O) groups is 2. The SMILES string of the molecule is COC(=O)CN1C(=O)c2cc(OC3CCN(C(C)=N)CC3)ccc2N(Cc2ccc3ccc(C(=N)N)cc3c2)S1(=O)=O. The molecule has 1 saturated heterocycles. The normalized spacial score (nSPS) is 16.7. The summed E-state index contributed by atoms with van der Waals surface area (Å²) in [5.74, 6) is -0.896. The standard InChI is InChI=1S/C29H32N6O6S/c1-18(30)33-11-9-23(10-12-33)41-24-7-8-26-25(15-24)29(37)35(17-27(36)40-2)42(38,39)34(26)16-19-3-4-20-5-6-21(28(31)32)14-22(20)13-19/h3-8,13-15,23,30H,9-12,16-17H2,1-2H3,(H3,31,32). The number of hydrogen-bond donors (Lipinski definition) is 3. The average Bonchev–Trinajstić information content (AvgIpc) is 2.97. The highest BCUT2D eigenvalue weighted by Crippen LogP contribution is 2.37. The number of esters is 1. The summed E-state index contributed by atoms with van der Waals surface area (Å²) >= 11 is 0. The Morgan fingerprint density at radius 2 is 1.71 bits per heavy atom. The van der Waals surface area contributed by atoms with Gasteiger partial charge in [-0.05, 0) is 53.6 Å². The van der Waals surface area contributed by atoms with Crippen LogP contribution in [-0.2, 0) is 26.3 Å². The van der Waals surface area contributed by atoms with Crippen molar-refractivity contribution in [1.29, 1.82) is 10.8 Å². The fourth-order valence-corrected chi connectivity index (χ4v) is 6.73. The number of carbonyl (C=O) groups excluding carboxylic acids is 2. The van der Waals surface area contributed by atoms with E-state index in [1.807, 2.05) is 17.0 Å². The van der Waals surface area contributed by atoms with Gasteiger partial charge >= 0.3 is 16.2 Å². The van der Waals surface area contributed by atoms with Gasteiger partial charge in [0.1, 0.15) is 24.2 Å². The van der Waals surface area contributed by atoms with Gasteiger partial charge < -0.3 is 20.1 Å². The van der Waals surface area contributed by atoms with Crippen molar-refractivity contribution >= 4 is 50.2 Å². The molecule has 2 heterocycles. The third kappa shape index (κ3) is 5.59. The molecule has 0 unspecified atom stereocenters. The van der Waals surface area contributed by atoms with Gasteiger partial charge in [-0.3, -0.25) is 20.4 Å². The Balaban J connectivity index is 1.50. The number of hydrogen-bond acceptors (Lipinski definition) is 8. The third-order valence-corrected chi connectivity index (χ3v) is 9.25. The largest absolute Gasteiger partial charge is 0.490 e. The molecule has 5 rings (SSSR count). The number of nitrogen functional groups attached to an aromatic ring is 1. The molecule has 1 fully saturated rings. The fraction of sp³-hybridized carbons (Fsp3) is 0.310. The second-order valence-electron chi connectivity index (χ2n) is 10.3. The fourth-order valence-electron chi connectivity index (χ4n) is 5.19. The molecule has 1 amide bonds. The number of benzene rings is 3. The van der Waals surface area contributed by atoms with E-state index in [1.165, 1.54) is 6.07 Å². The molecular weight excluding hydrogens is 560 g/mol. The number of nitrogens with one attached hydrogen (secondary N) is 2. The Morgan fingerprint density at radius 3 is 2.38 bits per heavy atom. The smallest absolute Gasteiger partial charge is 0.329 e. The minimum absolute atomic E-state index is 0.0821. The molecular formula is C29H32N6O6S. The van der Waals surface area contributed by atoms with Crippen LogP contribution in [0.2, 0.25) is 0 Å². The van der Waals surface area contributed by atoms with E-state index in [1.54, 1.807) is 43.3 Å². The van der Waals surface area contributed by atoms with E-state index >= 15 is 0 Å². The highest BCUT2D eigenvalue weighted by Gasteiger charge is 2.43. The van der Waals surface area contributed by atoms with Crippen LogP contribution in [0, 0.1) is 10.8 Å². The maximum Gasteiger partial charge on any atom is 0.329 e. The highest BCUT2D eigenvalue weighted by atomic mass is 32.2. The number of anilines is 1. The number of methoxy groups -OCH3 is 1. The number of piperidine rings is 1. The van der Waals surface area contributed by atoms with Gasteiger partial charge in [-0.2, -0.15) is 8.42 Å². The van der Waals surface area contributed by atoms with Crippen molar-refractivity contribution in [1.82, 2.24) is 9.21 Å². The van der Waals surface area contributed by atoms with Gasteiger partial charge in [0.05, 0.1) is 30.7 Å². The lowest BCUT2D eigenvalue weighted by atomic mass is 10.0. The Morgan fingerprint density at radius 1 is 1.00 bits per heavy atom. The number of nitrogens with zero attached hydrogens (tertiary/aromatic N) is 3. The molecule has 0 aliphatic carbocycles. The van der Waals surface area contributed by atoms with Crippen LogP contribution in [0.3, 0.4) is 0 Å². The summed E-state index contributed by atoms with van der Waals surface area (Å²) in [4.78, 5) is 27.6. The summed E-state index contributed by atoms with van der Waals surface area (Å²) in [6, 6.07) is 15.4. The van der Waals surface area contributed by atoms with Gasteiger partial charge in [-0.1, -0.05) is 24.3 Å². The lowest BCUT2D eigenvalue weighted by molar-refractivity contribution is -0.140. The number of amides is 1. The Kier molecular flexibility index (Phi) is 7.78. The van der Waals surface area contributed by atoms with E-state index in [9.17, 15) is 18.0 Å². The van der Waals surface area contributed by atoms with Crippen LogP contribution in [-0.4, -0.2) is 74.0 Å². The minimum Gasteiger partial charge on any atom is -0.490 e. The van der Waals surface area contributed by atoms with Gasteiger partial charge in [0.15, 0.2) is 0 Å². The van der Waals surface area contributed by atoms with Gasteiger partial charge in [-0.25, -0.2) is 8.61 Å². The molecule has 0 spiro atoms. The first-order chi connectivity index (χ1) is 20.0. The lowest BCUT2D eigenvalue weighted by Crippen LogP contribution is -2.52. The van der Waals surface area contributed by atoms with E-state index in [4.69, 9.17) is 21.3 Å². The second-order valence-corrected chi connectivity index (χ2v) is 12.1. The minimum atomic E-state index is -4.46. The van der Waals surface area contributed by atoms with Gasteiger partial charge in [0, 0.05) is 31.5 Å². The molecule has 220 valence electrons. The summed E-state index contributed by atoms with van der Waals surface area (Å²) < 4.78 is 40.0. The lowest BCUT2D eigenvalue weighted by Gasteiger charge is -2.37. The number of nitrogens with two attached hydrogens (primary N) is 1. The summed E-state index contributed by atoms with van der Waals surface area (Å²) in [6.45, 7) is 2.21. The molecule has 0 atom stereocenters. The first-order valence-corrected chi connectivity index (χ1v) is 14.8. The molecule has 3 aromatic carbocycles. The van der Waals surface area contributed by atoms with Gasteiger partial charge in [-0.15, -0.1) is 0 Å². The zero-order chi connectivity index (χ0) is 30.2. The first-order valence-electron chi connectivity index (χ1n) is 13.4. The van der Waals surface area contributed by atoms with Crippen molar-refractivity contribution in [3.63, 3.8) is 0 Å². The molecule has 2 aliphatic heterocycles. The molecule has 2 aliphatic rings. The summed E-state index contributed by atoms with van der Waals surface area (Å²) in [5.41, 5.74) is 7.06. The molecule has 0 aromatic heterocycles. The second kappa shape index (κ2) is 11.3. The van der Waals surface area contributed by atoms with E-state index in [2.05, 4.69) is 4.74 Å². The van der Waals surface area contributed by atoms with E-state index < -0.39 is 28.6 Å². The van der Waals surface area contributed by atoms with Gasteiger partial charge in [0.2, 0.25) is 0 Å². The van der Waals surface area contributed by atoms with Crippen LogP contribution in [0.4, 0.5) is 5.69 Å². The molecule has 12 nitrogen and oxygen atoms in total. The van der Waals surface area contributed by atoms with Crippen molar-refractivity contribution in [3.8, 4) is 5.75 Å². The number of fused-ring (bicyclic) bond motifs is 2. The maximum atomic E-state index is 13.8. The van der Waals surface area contributed by atoms with Crippen LogP contribution in [0.25, 0.3) is 10.8 Å². The van der Waals surface area contributed by atoms with Crippen molar-refractivity contribution in [3.05, 3.63) is 71.3 Å². The third-order valence-electron chi connectivity index (χ3n) is 7.51. The molecule has 0 saturated carbocycles. The number of amidine groups is 2. The van der Waals surface area contributed by atoms with Crippen LogP contribution >= 0.6 is 0 Å².